The van der Waals surface area contributed by atoms with Crippen LogP contribution in [-0.4, -0.2) is 21.3 Å². The van der Waals surface area contributed by atoms with Gasteiger partial charge < -0.3 is 10.3 Å². The van der Waals surface area contributed by atoms with Crippen LogP contribution in [0.5, 0.6) is 0 Å². The Hall–Kier alpha value is -5.98. The maximum atomic E-state index is 6.63. The number of aromatic nitrogens is 2. The molecule has 0 amide bonds. The van der Waals surface area contributed by atoms with Crippen LogP contribution in [0.15, 0.2) is 150 Å². The van der Waals surface area contributed by atoms with Crippen LogP contribution in [0.1, 0.15) is 40.6 Å². The number of aliphatic imine (C=N–C) groups is 2. The molecule has 0 fully saturated rings. The lowest BCUT2D eigenvalue weighted by molar-refractivity contribution is 0.700. The predicted molar refractivity (Wildman–Crippen MR) is 216 cm³/mol. The Labute approximate surface area is 299 Å². The summed E-state index contributed by atoms with van der Waals surface area (Å²) in [7, 11) is 0. The predicted octanol–water partition coefficient (Wildman–Crippen LogP) is 11.0. The first-order chi connectivity index (χ1) is 25.2. The van der Waals surface area contributed by atoms with E-state index in [0.29, 0.717) is 5.84 Å². The van der Waals surface area contributed by atoms with Gasteiger partial charge in [-0.15, -0.1) is 11.3 Å². The van der Waals surface area contributed by atoms with Gasteiger partial charge in [-0.05, 0) is 72.5 Å². The lowest BCUT2D eigenvalue weighted by atomic mass is 9.96. The summed E-state index contributed by atoms with van der Waals surface area (Å²) in [5.41, 5.74) is 15.9. The Morgan fingerprint density at radius 3 is 2.16 bits per heavy atom. The van der Waals surface area contributed by atoms with Gasteiger partial charge in [-0.2, -0.15) is 0 Å². The average Bonchev–Trinajstić information content (AvgIpc) is 3.84. The molecule has 51 heavy (non-hydrogen) atoms. The Bertz CT molecular complexity index is 2810. The molecule has 5 nitrogen and oxygen atoms in total. The highest BCUT2D eigenvalue weighted by Crippen LogP contribution is 2.44. The molecule has 3 heterocycles. The summed E-state index contributed by atoms with van der Waals surface area (Å²) < 4.78 is 6.05. The largest absolute Gasteiger partial charge is 0.383 e. The summed E-state index contributed by atoms with van der Waals surface area (Å²) >= 11 is 1.97. The van der Waals surface area contributed by atoms with Gasteiger partial charge in [0.2, 0.25) is 0 Å². The number of nitrogens with zero attached hydrogens (tertiary/aromatic N) is 4. The Kier molecular flexibility index (Phi) is 7.10. The Balaban J connectivity index is 1.27. The highest BCUT2D eigenvalue weighted by atomic mass is 32.1. The molecule has 1 atom stereocenters. The van der Waals surface area contributed by atoms with Crippen molar-refractivity contribution in [3.8, 4) is 5.69 Å². The molecule has 9 aromatic rings. The smallest absolute Gasteiger partial charge is 0.169 e. The topological polar surface area (TPSA) is 60.6 Å². The van der Waals surface area contributed by atoms with Gasteiger partial charge in [-0.1, -0.05) is 109 Å². The molecule has 246 valence electrons. The van der Waals surface area contributed by atoms with Gasteiger partial charge >= 0.3 is 0 Å². The SMILES string of the molecule is NC(=NC(N=Cn1c2cc3c(cc2c2ccc4c5c(sc4c21)CCCC5)c1ccccc1n3-c1ccccc1)c1ccccc1)c1ccccc1. The summed E-state index contributed by atoms with van der Waals surface area (Å²) in [6, 6.07) is 49.1. The van der Waals surface area contributed by atoms with E-state index in [0.717, 1.165) is 35.2 Å². The molecule has 10 rings (SSSR count). The molecule has 6 heteroatoms. The third-order valence-corrected chi connectivity index (χ3v) is 11.8. The number of thiophene rings is 1. The zero-order chi connectivity index (χ0) is 33.9. The van der Waals surface area contributed by atoms with E-state index >= 15 is 0 Å². The highest BCUT2D eigenvalue weighted by Gasteiger charge is 2.23. The van der Waals surface area contributed by atoms with E-state index in [1.54, 1.807) is 0 Å². The number of nitrogens with two attached hydrogens (primary N) is 1. The second-order valence-electron chi connectivity index (χ2n) is 13.4. The fourth-order valence-electron chi connectivity index (χ4n) is 8.05. The van der Waals surface area contributed by atoms with Crippen LogP contribution in [0.25, 0.3) is 59.4 Å². The van der Waals surface area contributed by atoms with Gasteiger partial charge in [-0.25, -0.2) is 9.98 Å². The van der Waals surface area contributed by atoms with Crippen LogP contribution in [-0.2, 0) is 12.8 Å². The summed E-state index contributed by atoms with van der Waals surface area (Å²) in [4.78, 5) is 11.8. The van der Waals surface area contributed by atoms with E-state index in [4.69, 9.17) is 15.7 Å². The van der Waals surface area contributed by atoms with E-state index in [-0.39, 0.29) is 0 Å². The molecule has 0 bridgehead atoms. The molecule has 6 aromatic carbocycles. The van der Waals surface area contributed by atoms with E-state index in [9.17, 15) is 0 Å². The zero-order valence-electron chi connectivity index (χ0n) is 28.0. The molecule has 0 spiro atoms. The zero-order valence-corrected chi connectivity index (χ0v) is 28.9. The first-order valence-corrected chi connectivity index (χ1v) is 18.5. The molecule has 3 aromatic heterocycles. The highest BCUT2D eigenvalue weighted by molar-refractivity contribution is 7.20. The Morgan fingerprint density at radius 1 is 0.647 bits per heavy atom. The van der Waals surface area contributed by atoms with E-state index in [1.807, 2.05) is 66.2 Å². The maximum Gasteiger partial charge on any atom is 0.169 e. The van der Waals surface area contributed by atoms with Crippen LogP contribution in [0.4, 0.5) is 0 Å². The van der Waals surface area contributed by atoms with Crippen molar-refractivity contribution in [2.24, 2.45) is 15.7 Å². The number of aryl methyl sites for hydroxylation is 2. The Morgan fingerprint density at radius 2 is 1.33 bits per heavy atom. The van der Waals surface area contributed by atoms with Crippen molar-refractivity contribution in [3.05, 3.63) is 161 Å². The number of fused-ring (bicyclic) bond motifs is 10. The van der Waals surface area contributed by atoms with Crippen molar-refractivity contribution in [2.45, 2.75) is 31.8 Å². The van der Waals surface area contributed by atoms with Crippen molar-refractivity contribution >= 4 is 77.2 Å². The summed E-state index contributed by atoms with van der Waals surface area (Å²) in [5.74, 6) is 0.464. The van der Waals surface area contributed by atoms with Gasteiger partial charge in [0, 0.05) is 37.7 Å². The molecule has 1 aliphatic carbocycles. The molecular weight excluding hydrogens is 643 g/mol. The molecule has 0 radical (unpaired) electrons. The van der Waals surface area contributed by atoms with Gasteiger partial charge in [0.1, 0.15) is 5.84 Å². The van der Waals surface area contributed by atoms with Crippen molar-refractivity contribution in [2.75, 3.05) is 0 Å². The second-order valence-corrected chi connectivity index (χ2v) is 14.5. The normalized spacial score (nSPS) is 14.4. The van der Waals surface area contributed by atoms with Gasteiger partial charge in [0.25, 0.3) is 0 Å². The quantitative estimate of drug-likeness (QED) is 0.138. The standard InChI is InChI=1S/C45H35N5S/c46-44(29-14-4-1-5-15-29)48-45(30-16-6-2-7-17-30)47-28-49-39-27-40-36(32-20-10-12-22-38(32)50(40)31-18-8-3-9-19-31)26-37(39)34-24-25-35-33-21-11-13-23-41(33)51-43(35)42(34)49/h1-10,12,14-20,22,24-28,45H,11,13,21,23H2,(H2,46,48). The molecule has 0 aliphatic heterocycles. The first-order valence-electron chi connectivity index (χ1n) is 17.7. The lowest BCUT2D eigenvalue weighted by Crippen LogP contribution is -2.15. The first kappa shape index (κ1) is 29.9. The minimum atomic E-state index is -0.519. The second kappa shape index (κ2) is 12.1. The fraction of sp³-hybridized carbons (Fsp3) is 0.111. The van der Waals surface area contributed by atoms with Crippen LogP contribution < -0.4 is 5.73 Å². The van der Waals surface area contributed by atoms with Gasteiger partial charge in [0.05, 0.1) is 33.1 Å². The molecular formula is C45H35N5S. The molecule has 1 unspecified atom stereocenters. The molecule has 2 N–H and O–H groups in total. The van der Waals surface area contributed by atoms with Gasteiger partial charge in [0.15, 0.2) is 6.17 Å². The van der Waals surface area contributed by atoms with Crippen LogP contribution in [0.2, 0.25) is 0 Å². The van der Waals surface area contributed by atoms with Gasteiger partial charge in [-0.3, -0.25) is 4.57 Å². The number of rotatable bonds is 6. The average molecular weight is 678 g/mol. The molecule has 1 aliphatic rings. The number of hydrogen-bond donors (Lipinski definition) is 1. The van der Waals surface area contributed by atoms with Crippen molar-refractivity contribution in [3.63, 3.8) is 0 Å². The maximum absolute atomic E-state index is 6.63. The van der Waals surface area contributed by atoms with Crippen LogP contribution in [0.3, 0.4) is 0 Å². The van der Waals surface area contributed by atoms with Crippen LogP contribution >= 0.6 is 11.3 Å². The fourth-order valence-corrected chi connectivity index (χ4v) is 9.48. The monoisotopic (exact) mass is 677 g/mol. The number of hydrogen-bond acceptors (Lipinski definition) is 3. The van der Waals surface area contributed by atoms with Crippen molar-refractivity contribution in [1.82, 2.24) is 9.13 Å². The number of amidine groups is 1. The van der Waals surface area contributed by atoms with Crippen molar-refractivity contribution < 1.29 is 0 Å². The van der Waals surface area contributed by atoms with Crippen molar-refractivity contribution in [1.29, 1.82) is 0 Å². The van der Waals surface area contributed by atoms with E-state index < -0.39 is 6.17 Å². The molecule has 0 saturated heterocycles. The third-order valence-electron chi connectivity index (χ3n) is 10.4. The lowest BCUT2D eigenvalue weighted by Gasteiger charge is -2.11. The minimum Gasteiger partial charge on any atom is -0.383 e. The van der Waals surface area contributed by atoms with E-state index in [2.05, 4.69) is 100 Å². The summed E-state index contributed by atoms with van der Waals surface area (Å²) in [6.45, 7) is 0. The third kappa shape index (κ3) is 4.89. The minimum absolute atomic E-state index is 0.464. The summed E-state index contributed by atoms with van der Waals surface area (Å²) in [6.07, 6.45) is 6.30. The molecule has 0 saturated carbocycles. The van der Waals surface area contributed by atoms with E-state index in [1.165, 1.54) is 71.5 Å². The number of benzene rings is 6. The number of para-hydroxylation sites is 2. The van der Waals surface area contributed by atoms with Crippen LogP contribution in [0, 0.1) is 0 Å². The summed E-state index contributed by atoms with van der Waals surface area (Å²) in [5, 5.41) is 6.33.